The lowest BCUT2D eigenvalue weighted by atomic mass is 10.00. The SMILES string of the molecule is CC(C(=O)NCCNC(=O)OC(C)(C)C)c1cccc(N)c1. The van der Waals surface area contributed by atoms with E-state index < -0.39 is 11.7 Å². The maximum absolute atomic E-state index is 12.0. The van der Waals surface area contributed by atoms with Gasteiger partial charge in [0.25, 0.3) is 0 Å². The van der Waals surface area contributed by atoms with Crippen LogP contribution >= 0.6 is 0 Å². The second-order valence-corrected chi connectivity index (χ2v) is 6.11. The smallest absolute Gasteiger partial charge is 0.407 e. The highest BCUT2D eigenvalue weighted by Crippen LogP contribution is 2.17. The van der Waals surface area contributed by atoms with Gasteiger partial charge in [0.2, 0.25) is 5.91 Å². The molecule has 1 aromatic rings. The van der Waals surface area contributed by atoms with Crippen molar-refractivity contribution < 1.29 is 14.3 Å². The molecule has 0 aromatic heterocycles. The second-order valence-electron chi connectivity index (χ2n) is 6.11. The molecule has 0 spiro atoms. The number of rotatable bonds is 5. The number of nitrogens with one attached hydrogen (secondary N) is 2. The highest BCUT2D eigenvalue weighted by molar-refractivity contribution is 5.83. The normalized spacial score (nSPS) is 12.4. The van der Waals surface area contributed by atoms with Crippen LogP contribution in [0.3, 0.4) is 0 Å². The summed E-state index contributed by atoms with van der Waals surface area (Å²) in [7, 11) is 0. The van der Waals surface area contributed by atoms with E-state index in [1.165, 1.54) is 0 Å². The Labute approximate surface area is 131 Å². The van der Waals surface area contributed by atoms with Gasteiger partial charge in [-0.15, -0.1) is 0 Å². The molecule has 0 radical (unpaired) electrons. The van der Waals surface area contributed by atoms with Gasteiger partial charge in [0.15, 0.2) is 0 Å². The Morgan fingerprint density at radius 3 is 2.45 bits per heavy atom. The average molecular weight is 307 g/mol. The van der Waals surface area contributed by atoms with Crippen LogP contribution in [0.4, 0.5) is 10.5 Å². The zero-order valence-corrected chi connectivity index (χ0v) is 13.6. The summed E-state index contributed by atoms with van der Waals surface area (Å²) in [6.45, 7) is 7.84. The summed E-state index contributed by atoms with van der Waals surface area (Å²) in [5.74, 6) is -0.415. The molecule has 0 bridgehead atoms. The molecule has 0 saturated carbocycles. The van der Waals surface area contributed by atoms with Crippen molar-refractivity contribution in [3.63, 3.8) is 0 Å². The number of ether oxygens (including phenoxy) is 1. The van der Waals surface area contributed by atoms with Crippen LogP contribution in [0.15, 0.2) is 24.3 Å². The van der Waals surface area contributed by atoms with Crippen LogP contribution < -0.4 is 16.4 Å². The first-order valence-electron chi connectivity index (χ1n) is 7.29. The molecular formula is C16H25N3O3. The summed E-state index contributed by atoms with van der Waals surface area (Å²) < 4.78 is 5.10. The Bertz CT molecular complexity index is 524. The van der Waals surface area contributed by atoms with Crippen LogP contribution in [0.1, 0.15) is 39.2 Å². The van der Waals surface area contributed by atoms with E-state index in [0.717, 1.165) is 5.56 Å². The van der Waals surface area contributed by atoms with Gasteiger partial charge in [-0.05, 0) is 45.4 Å². The van der Waals surface area contributed by atoms with Gasteiger partial charge in [0, 0.05) is 18.8 Å². The predicted octanol–water partition coefficient (Wildman–Crippen LogP) is 2.01. The lowest BCUT2D eigenvalue weighted by Crippen LogP contribution is -2.38. The molecular weight excluding hydrogens is 282 g/mol. The Kier molecular flexibility index (Phi) is 6.22. The van der Waals surface area contributed by atoms with Crippen molar-refractivity contribution in [3.05, 3.63) is 29.8 Å². The number of hydrogen-bond donors (Lipinski definition) is 3. The van der Waals surface area contributed by atoms with Gasteiger partial charge in [-0.3, -0.25) is 4.79 Å². The molecule has 0 aliphatic heterocycles. The Balaban J connectivity index is 2.33. The number of hydrogen-bond acceptors (Lipinski definition) is 4. The fourth-order valence-corrected chi connectivity index (χ4v) is 1.80. The van der Waals surface area contributed by atoms with Crippen molar-refractivity contribution in [2.24, 2.45) is 0 Å². The molecule has 1 aromatic carbocycles. The number of nitrogen functional groups attached to an aromatic ring is 1. The Morgan fingerprint density at radius 2 is 1.86 bits per heavy atom. The standard InChI is InChI=1S/C16H25N3O3/c1-11(12-6-5-7-13(17)10-12)14(20)18-8-9-19-15(21)22-16(2,3)4/h5-7,10-11H,8-9,17H2,1-4H3,(H,18,20)(H,19,21). The highest BCUT2D eigenvalue weighted by Gasteiger charge is 2.17. The third-order valence-electron chi connectivity index (χ3n) is 2.90. The summed E-state index contributed by atoms with van der Waals surface area (Å²) in [5.41, 5.74) is 6.66. The van der Waals surface area contributed by atoms with Gasteiger partial charge in [0.05, 0.1) is 5.92 Å². The average Bonchev–Trinajstić information content (AvgIpc) is 2.40. The molecule has 1 atom stereocenters. The number of carbonyl (C=O) groups is 2. The van der Waals surface area contributed by atoms with Gasteiger partial charge in [0.1, 0.15) is 5.60 Å². The third-order valence-corrected chi connectivity index (χ3v) is 2.90. The second kappa shape index (κ2) is 7.68. The third kappa shape index (κ3) is 6.47. The Morgan fingerprint density at radius 1 is 1.23 bits per heavy atom. The van der Waals surface area contributed by atoms with E-state index in [2.05, 4.69) is 10.6 Å². The first-order chi connectivity index (χ1) is 10.2. The molecule has 22 heavy (non-hydrogen) atoms. The van der Waals surface area contributed by atoms with Crippen molar-refractivity contribution in [3.8, 4) is 0 Å². The number of alkyl carbamates (subject to hydrolysis) is 1. The van der Waals surface area contributed by atoms with Crippen molar-refractivity contribution >= 4 is 17.7 Å². The monoisotopic (exact) mass is 307 g/mol. The van der Waals surface area contributed by atoms with Crippen LogP contribution in [-0.2, 0) is 9.53 Å². The summed E-state index contributed by atoms with van der Waals surface area (Å²) in [4.78, 5) is 23.5. The number of nitrogens with two attached hydrogens (primary N) is 1. The lowest BCUT2D eigenvalue weighted by Gasteiger charge is -2.19. The maximum Gasteiger partial charge on any atom is 0.407 e. The predicted molar refractivity (Wildman–Crippen MR) is 86.5 cm³/mol. The van der Waals surface area contributed by atoms with Crippen LogP contribution in [0.2, 0.25) is 0 Å². The first-order valence-corrected chi connectivity index (χ1v) is 7.29. The zero-order chi connectivity index (χ0) is 16.8. The van der Waals surface area contributed by atoms with Crippen molar-refractivity contribution in [1.29, 1.82) is 0 Å². The molecule has 1 unspecified atom stereocenters. The van der Waals surface area contributed by atoms with Gasteiger partial charge >= 0.3 is 6.09 Å². The molecule has 122 valence electrons. The number of amides is 2. The topological polar surface area (TPSA) is 93.5 Å². The molecule has 0 aliphatic carbocycles. The van der Waals surface area contributed by atoms with E-state index in [4.69, 9.17) is 10.5 Å². The van der Waals surface area contributed by atoms with E-state index in [1.807, 2.05) is 19.1 Å². The fraction of sp³-hybridized carbons (Fsp3) is 0.500. The summed E-state index contributed by atoms with van der Waals surface area (Å²) >= 11 is 0. The van der Waals surface area contributed by atoms with Crippen molar-refractivity contribution in [1.82, 2.24) is 10.6 Å². The van der Waals surface area contributed by atoms with Gasteiger partial charge < -0.3 is 21.1 Å². The minimum Gasteiger partial charge on any atom is -0.444 e. The molecule has 6 nitrogen and oxygen atoms in total. The van der Waals surface area contributed by atoms with Crippen LogP contribution in [0, 0.1) is 0 Å². The number of benzene rings is 1. The summed E-state index contributed by atoms with van der Waals surface area (Å²) in [5, 5.41) is 5.36. The van der Waals surface area contributed by atoms with Gasteiger partial charge in [-0.1, -0.05) is 12.1 Å². The maximum atomic E-state index is 12.0. The van der Waals surface area contributed by atoms with E-state index in [0.29, 0.717) is 18.8 Å². The molecule has 6 heteroatoms. The molecule has 0 saturated heterocycles. The minimum absolute atomic E-state index is 0.114. The molecule has 0 fully saturated rings. The molecule has 1 rings (SSSR count). The minimum atomic E-state index is -0.533. The van der Waals surface area contributed by atoms with Gasteiger partial charge in [-0.2, -0.15) is 0 Å². The molecule has 4 N–H and O–H groups in total. The van der Waals surface area contributed by atoms with E-state index in [-0.39, 0.29) is 11.8 Å². The molecule has 2 amide bonds. The van der Waals surface area contributed by atoms with E-state index >= 15 is 0 Å². The van der Waals surface area contributed by atoms with E-state index in [9.17, 15) is 9.59 Å². The highest BCUT2D eigenvalue weighted by atomic mass is 16.6. The number of anilines is 1. The van der Waals surface area contributed by atoms with Gasteiger partial charge in [-0.25, -0.2) is 4.79 Å². The van der Waals surface area contributed by atoms with E-state index in [1.54, 1.807) is 32.9 Å². The molecule has 0 aliphatic rings. The first kappa shape index (κ1) is 17.8. The summed E-state index contributed by atoms with van der Waals surface area (Å²) in [6.07, 6.45) is -0.495. The van der Waals surface area contributed by atoms with Crippen molar-refractivity contribution in [2.45, 2.75) is 39.2 Å². The lowest BCUT2D eigenvalue weighted by molar-refractivity contribution is -0.122. The Hall–Kier alpha value is -2.24. The van der Waals surface area contributed by atoms with Crippen LogP contribution in [0.5, 0.6) is 0 Å². The molecule has 0 heterocycles. The van der Waals surface area contributed by atoms with Crippen LogP contribution in [-0.4, -0.2) is 30.7 Å². The van der Waals surface area contributed by atoms with Crippen molar-refractivity contribution in [2.75, 3.05) is 18.8 Å². The fourth-order valence-electron chi connectivity index (χ4n) is 1.80. The zero-order valence-electron chi connectivity index (χ0n) is 13.6. The van der Waals surface area contributed by atoms with Crippen LogP contribution in [0.25, 0.3) is 0 Å². The number of carbonyl (C=O) groups excluding carboxylic acids is 2. The largest absolute Gasteiger partial charge is 0.444 e. The quantitative estimate of drug-likeness (QED) is 0.573. The summed E-state index contributed by atoms with van der Waals surface area (Å²) in [6, 6.07) is 7.24.